The van der Waals surface area contributed by atoms with E-state index in [2.05, 4.69) is 0 Å². The average molecular weight is 292 g/mol. The third-order valence-electron chi connectivity index (χ3n) is 3.04. The van der Waals surface area contributed by atoms with Gasteiger partial charge in [0.1, 0.15) is 11.5 Å². The number of para-hydroxylation sites is 2. The van der Waals surface area contributed by atoms with Crippen LogP contribution in [-0.2, 0) is 0 Å². The Hall–Kier alpha value is -3.14. The number of hydrogen-bond donors (Lipinski definition) is 2. The zero-order valence-corrected chi connectivity index (χ0v) is 11.9. The highest BCUT2D eigenvalue weighted by molar-refractivity contribution is 5.49. The molecule has 0 heterocycles. The fourth-order valence-corrected chi connectivity index (χ4v) is 1.99. The lowest BCUT2D eigenvalue weighted by Crippen LogP contribution is -1.92. The van der Waals surface area contributed by atoms with Crippen molar-refractivity contribution in [3.63, 3.8) is 0 Å². The first-order valence-corrected chi connectivity index (χ1v) is 6.86. The standard InChI is InChI=1S/C18H16N2O2/c19-13-8-10-15(11-9-13)21-17-6-1-2-7-18(17)22-16-5-3-4-14(20)12-16/h1-12H,19-20H2. The largest absolute Gasteiger partial charge is 0.453 e. The molecule has 3 aromatic rings. The van der Waals surface area contributed by atoms with Crippen molar-refractivity contribution in [3.05, 3.63) is 72.8 Å². The van der Waals surface area contributed by atoms with Crippen LogP contribution in [0.5, 0.6) is 23.0 Å². The monoisotopic (exact) mass is 292 g/mol. The number of nitrogens with two attached hydrogens (primary N) is 2. The Balaban J connectivity index is 1.85. The maximum atomic E-state index is 5.86. The van der Waals surface area contributed by atoms with Gasteiger partial charge in [0.25, 0.3) is 0 Å². The van der Waals surface area contributed by atoms with Crippen LogP contribution in [0.25, 0.3) is 0 Å². The molecule has 0 fully saturated rings. The Labute approximate surface area is 128 Å². The first-order valence-electron chi connectivity index (χ1n) is 6.86. The SMILES string of the molecule is Nc1ccc(Oc2ccccc2Oc2cccc(N)c2)cc1. The zero-order valence-electron chi connectivity index (χ0n) is 11.9. The minimum atomic E-state index is 0.616. The van der Waals surface area contributed by atoms with Crippen molar-refractivity contribution < 1.29 is 9.47 Å². The second-order valence-corrected chi connectivity index (χ2v) is 4.79. The highest BCUT2D eigenvalue weighted by Crippen LogP contribution is 2.35. The van der Waals surface area contributed by atoms with Gasteiger partial charge in [-0.2, -0.15) is 0 Å². The molecule has 0 aliphatic rings. The molecular weight excluding hydrogens is 276 g/mol. The van der Waals surface area contributed by atoms with Gasteiger partial charge < -0.3 is 20.9 Å². The molecule has 110 valence electrons. The van der Waals surface area contributed by atoms with Crippen molar-refractivity contribution in [2.45, 2.75) is 0 Å². The summed E-state index contributed by atoms with van der Waals surface area (Å²) in [4.78, 5) is 0. The molecule has 4 N–H and O–H groups in total. The molecule has 0 spiro atoms. The molecule has 3 rings (SSSR count). The Morgan fingerprint density at radius 3 is 1.82 bits per heavy atom. The van der Waals surface area contributed by atoms with E-state index in [9.17, 15) is 0 Å². The smallest absolute Gasteiger partial charge is 0.169 e. The van der Waals surface area contributed by atoms with Crippen molar-refractivity contribution in [2.75, 3.05) is 11.5 Å². The lowest BCUT2D eigenvalue weighted by molar-refractivity contribution is 0.419. The Morgan fingerprint density at radius 2 is 1.18 bits per heavy atom. The van der Waals surface area contributed by atoms with Crippen LogP contribution in [0.1, 0.15) is 0 Å². The van der Waals surface area contributed by atoms with Gasteiger partial charge in [0.15, 0.2) is 11.5 Å². The highest BCUT2D eigenvalue weighted by atomic mass is 16.5. The first-order chi connectivity index (χ1) is 10.7. The van der Waals surface area contributed by atoms with E-state index in [0.717, 1.165) is 0 Å². The first kappa shape index (κ1) is 13.8. The van der Waals surface area contributed by atoms with Gasteiger partial charge in [-0.15, -0.1) is 0 Å². The van der Waals surface area contributed by atoms with Crippen molar-refractivity contribution in [3.8, 4) is 23.0 Å². The van der Waals surface area contributed by atoms with Crippen LogP contribution in [0.3, 0.4) is 0 Å². The van der Waals surface area contributed by atoms with Crippen LogP contribution in [-0.4, -0.2) is 0 Å². The van der Waals surface area contributed by atoms with Gasteiger partial charge in [-0.1, -0.05) is 18.2 Å². The molecule has 0 aromatic heterocycles. The summed E-state index contributed by atoms with van der Waals surface area (Å²) < 4.78 is 11.7. The predicted molar refractivity (Wildman–Crippen MR) is 88.3 cm³/mol. The second-order valence-electron chi connectivity index (χ2n) is 4.79. The summed E-state index contributed by atoms with van der Waals surface area (Å²) in [6.45, 7) is 0. The van der Waals surface area contributed by atoms with Gasteiger partial charge in [-0.05, 0) is 48.5 Å². The Morgan fingerprint density at radius 1 is 0.545 bits per heavy atom. The number of ether oxygens (including phenoxy) is 2. The van der Waals surface area contributed by atoms with E-state index < -0.39 is 0 Å². The van der Waals surface area contributed by atoms with E-state index in [1.54, 1.807) is 18.2 Å². The summed E-state index contributed by atoms with van der Waals surface area (Å²) in [5.74, 6) is 2.59. The van der Waals surface area contributed by atoms with Gasteiger partial charge in [0, 0.05) is 17.4 Å². The molecule has 0 unspecified atom stereocenters. The number of anilines is 2. The van der Waals surface area contributed by atoms with E-state index in [4.69, 9.17) is 20.9 Å². The molecule has 0 amide bonds. The van der Waals surface area contributed by atoms with Crippen molar-refractivity contribution in [1.29, 1.82) is 0 Å². The van der Waals surface area contributed by atoms with Gasteiger partial charge >= 0.3 is 0 Å². The predicted octanol–water partition coefficient (Wildman–Crippen LogP) is 4.44. The van der Waals surface area contributed by atoms with Crippen molar-refractivity contribution in [1.82, 2.24) is 0 Å². The molecule has 4 nitrogen and oxygen atoms in total. The van der Waals surface area contributed by atoms with Gasteiger partial charge in [-0.3, -0.25) is 0 Å². The molecule has 3 aromatic carbocycles. The van der Waals surface area contributed by atoms with Crippen LogP contribution >= 0.6 is 0 Å². The van der Waals surface area contributed by atoms with Gasteiger partial charge in [-0.25, -0.2) is 0 Å². The minimum absolute atomic E-state index is 0.616. The molecule has 0 saturated carbocycles. The van der Waals surface area contributed by atoms with Crippen LogP contribution in [0.4, 0.5) is 11.4 Å². The summed E-state index contributed by atoms with van der Waals surface area (Å²) in [5, 5.41) is 0. The zero-order chi connectivity index (χ0) is 15.4. The maximum absolute atomic E-state index is 5.86. The molecule has 22 heavy (non-hydrogen) atoms. The molecule has 0 saturated heterocycles. The van der Waals surface area contributed by atoms with E-state index in [-0.39, 0.29) is 0 Å². The molecule has 4 heteroatoms. The van der Waals surface area contributed by atoms with Crippen LogP contribution in [0, 0.1) is 0 Å². The molecular formula is C18H16N2O2. The topological polar surface area (TPSA) is 70.5 Å². The molecule has 0 atom stereocenters. The van der Waals surface area contributed by atoms with Crippen molar-refractivity contribution >= 4 is 11.4 Å². The molecule has 0 aliphatic carbocycles. The third kappa shape index (κ3) is 3.30. The van der Waals surface area contributed by atoms with E-state index in [0.29, 0.717) is 34.4 Å². The Kier molecular flexibility index (Phi) is 3.83. The summed E-state index contributed by atoms with van der Waals surface area (Å²) in [7, 11) is 0. The summed E-state index contributed by atoms with van der Waals surface area (Å²) in [5.41, 5.74) is 12.8. The third-order valence-corrected chi connectivity index (χ3v) is 3.04. The number of hydrogen-bond acceptors (Lipinski definition) is 4. The molecule has 0 aliphatic heterocycles. The van der Waals surface area contributed by atoms with E-state index in [1.807, 2.05) is 54.6 Å². The second kappa shape index (κ2) is 6.10. The molecule has 0 bridgehead atoms. The average Bonchev–Trinajstić information content (AvgIpc) is 2.51. The van der Waals surface area contributed by atoms with E-state index >= 15 is 0 Å². The fraction of sp³-hybridized carbons (Fsp3) is 0. The van der Waals surface area contributed by atoms with Gasteiger partial charge in [0.05, 0.1) is 0 Å². The van der Waals surface area contributed by atoms with E-state index in [1.165, 1.54) is 0 Å². The highest BCUT2D eigenvalue weighted by Gasteiger charge is 2.07. The van der Waals surface area contributed by atoms with Crippen LogP contribution in [0.15, 0.2) is 72.8 Å². The Bertz CT molecular complexity index is 770. The summed E-state index contributed by atoms with van der Waals surface area (Å²) >= 11 is 0. The van der Waals surface area contributed by atoms with Gasteiger partial charge in [0.2, 0.25) is 0 Å². The quantitative estimate of drug-likeness (QED) is 0.698. The van der Waals surface area contributed by atoms with Crippen molar-refractivity contribution in [2.24, 2.45) is 0 Å². The van der Waals surface area contributed by atoms with Crippen LogP contribution < -0.4 is 20.9 Å². The lowest BCUT2D eigenvalue weighted by atomic mass is 10.3. The normalized spacial score (nSPS) is 10.2. The fourth-order valence-electron chi connectivity index (χ4n) is 1.99. The summed E-state index contributed by atoms with van der Waals surface area (Å²) in [6.07, 6.45) is 0. The lowest BCUT2D eigenvalue weighted by Gasteiger charge is -2.12. The minimum Gasteiger partial charge on any atom is -0.453 e. The van der Waals surface area contributed by atoms with Crippen LogP contribution in [0.2, 0.25) is 0 Å². The number of benzene rings is 3. The maximum Gasteiger partial charge on any atom is 0.169 e. The number of rotatable bonds is 4. The number of nitrogen functional groups attached to an aromatic ring is 2. The summed E-state index contributed by atoms with van der Waals surface area (Å²) in [6, 6.07) is 21.9. The molecule has 0 radical (unpaired) electrons.